The maximum Gasteiger partial charge on any atom is 0.309 e. The Labute approximate surface area is 117 Å². The molecule has 2 aliphatic rings. The number of rotatable bonds is 4. The second-order valence-corrected chi connectivity index (χ2v) is 6.56. The van der Waals surface area contributed by atoms with Crippen molar-refractivity contribution in [3.8, 4) is 0 Å². The van der Waals surface area contributed by atoms with E-state index in [4.69, 9.17) is 4.74 Å². The fourth-order valence-corrected chi connectivity index (χ4v) is 3.48. The lowest BCUT2D eigenvalue weighted by molar-refractivity contribution is -0.157. The Bertz CT molecular complexity index is 294. The normalized spacial score (nSPS) is 35.6. The molecule has 0 spiro atoms. The van der Waals surface area contributed by atoms with Crippen molar-refractivity contribution in [2.75, 3.05) is 0 Å². The SMILES string of the molecule is C=CCC1CCC(C(=O)OC2CCC(C)CC2)CC1. The van der Waals surface area contributed by atoms with Gasteiger partial charge in [-0.15, -0.1) is 6.58 Å². The predicted molar refractivity (Wildman–Crippen MR) is 77.8 cm³/mol. The van der Waals surface area contributed by atoms with Crippen molar-refractivity contribution in [2.24, 2.45) is 17.8 Å². The van der Waals surface area contributed by atoms with Gasteiger partial charge in [-0.05, 0) is 69.6 Å². The number of ether oxygens (including phenoxy) is 1. The van der Waals surface area contributed by atoms with E-state index in [-0.39, 0.29) is 18.0 Å². The number of esters is 1. The molecule has 2 saturated carbocycles. The summed E-state index contributed by atoms with van der Waals surface area (Å²) in [4.78, 5) is 12.2. The zero-order valence-electron chi connectivity index (χ0n) is 12.3. The number of allylic oxidation sites excluding steroid dienone is 1. The molecule has 0 saturated heterocycles. The van der Waals surface area contributed by atoms with Gasteiger partial charge in [-0.1, -0.05) is 13.0 Å². The first-order chi connectivity index (χ1) is 9.19. The smallest absolute Gasteiger partial charge is 0.309 e. The number of hydrogen-bond donors (Lipinski definition) is 0. The molecule has 19 heavy (non-hydrogen) atoms. The zero-order chi connectivity index (χ0) is 13.7. The Morgan fingerprint density at radius 2 is 1.74 bits per heavy atom. The topological polar surface area (TPSA) is 26.3 Å². The maximum atomic E-state index is 12.2. The molecule has 0 aromatic carbocycles. The Morgan fingerprint density at radius 3 is 2.32 bits per heavy atom. The fourth-order valence-electron chi connectivity index (χ4n) is 3.48. The molecule has 0 N–H and O–H groups in total. The third kappa shape index (κ3) is 4.36. The highest BCUT2D eigenvalue weighted by Crippen LogP contribution is 2.33. The summed E-state index contributed by atoms with van der Waals surface area (Å²) in [6, 6.07) is 0. The molecule has 108 valence electrons. The molecule has 0 aliphatic heterocycles. The van der Waals surface area contributed by atoms with Gasteiger partial charge in [-0.3, -0.25) is 4.79 Å². The lowest BCUT2D eigenvalue weighted by atomic mass is 9.80. The van der Waals surface area contributed by atoms with E-state index in [0.717, 1.165) is 56.8 Å². The minimum atomic E-state index is 0.0802. The molecule has 2 rings (SSSR count). The van der Waals surface area contributed by atoms with E-state index in [2.05, 4.69) is 13.5 Å². The Balaban J connectivity index is 1.71. The minimum absolute atomic E-state index is 0.0802. The Morgan fingerprint density at radius 1 is 1.11 bits per heavy atom. The van der Waals surface area contributed by atoms with Gasteiger partial charge in [0.2, 0.25) is 0 Å². The summed E-state index contributed by atoms with van der Waals surface area (Å²) in [6.45, 7) is 6.09. The lowest BCUT2D eigenvalue weighted by Gasteiger charge is -2.30. The highest BCUT2D eigenvalue weighted by atomic mass is 16.5. The van der Waals surface area contributed by atoms with Crippen LogP contribution in [0, 0.1) is 17.8 Å². The molecule has 2 fully saturated rings. The summed E-state index contributed by atoms with van der Waals surface area (Å²) in [5.74, 6) is 1.80. The van der Waals surface area contributed by atoms with E-state index in [1.165, 1.54) is 12.8 Å². The van der Waals surface area contributed by atoms with Crippen molar-refractivity contribution < 1.29 is 9.53 Å². The first-order valence-corrected chi connectivity index (χ1v) is 8.00. The molecule has 2 heteroatoms. The average Bonchev–Trinajstić information content (AvgIpc) is 2.42. The van der Waals surface area contributed by atoms with E-state index in [1.807, 2.05) is 6.08 Å². The van der Waals surface area contributed by atoms with Crippen LogP contribution in [-0.2, 0) is 9.53 Å². The van der Waals surface area contributed by atoms with Gasteiger partial charge in [-0.25, -0.2) is 0 Å². The molecule has 0 atom stereocenters. The van der Waals surface area contributed by atoms with Crippen molar-refractivity contribution in [2.45, 2.75) is 70.8 Å². The molecule has 0 aromatic heterocycles. The first-order valence-electron chi connectivity index (χ1n) is 8.00. The molecule has 0 bridgehead atoms. The van der Waals surface area contributed by atoms with E-state index in [1.54, 1.807) is 0 Å². The highest BCUT2D eigenvalue weighted by Gasteiger charge is 2.29. The van der Waals surface area contributed by atoms with E-state index < -0.39 is 0 Å². The van der Waals surface area contributed by atoms with Crippen LogP contribution in [0.1, 0.15) is 64.7 Å². The molecular weight excluding hydrogens is 236 g/mol. The van der Waals surface area contributed by atoms with Gasteiger partial charge in [0.25, 0.3) is 0 Å². The van der Waals surface area contributed by atoms with Crippen LogP contribution in [0.5, 0.6) is 0 Å². The molecule has 2 nitrogen and oxygen atoms in total. The predicted octanol–water partition coefficient (Wildman–Crippen LogP) is 4.49. The summed E-state index contributed by atoms with van der Waals surface area (Å²) in [7, 11) is 0. The Kier molecular flexibility index (Phi) is 5.47. The van der Waals surface area contributed by atoms with Crippen LogP contribution >= 0.6 is 0 Å². The average molecular weight is 264 g/mol. The molecule has 0 unspecified atom stereocenters. The Hall–Kier alpha value is -0.790. The minimum Gasteiger partial charge on any atom is -0.462 e. The van der Waals surface area contributed by atoms with Crippen LogP contribution in [0.3, 0.4) is 0 Å². The molecular formula is C17H28O2. The summed E-state index contributed by atoms with van der Waals surface area (Å²) < 4.78 is 5.72. The molecule has 0 amide bonds. The summed E-state index contributed by atoms with van der Waals surface area (Å²) in [5, 5.41) is 0. The number of hydrogen-bond acceptors (Lipinski definition) is 2. The lowest BCUT2D eigenvalue weighted by Crippen LogP contribution is -2.29. The van der Waals surface area contributed by atoms with Crippen LogP contribution in [0.15, 0.2) is 12.7 Å². The second-order valence-electron chi connectivity index (χ2n) is 6.56. The zero-order valence-corrected chi connectivity index (χ0v) is 12.3. The molecule has 0 heterocycles. The van der Waals surface area contributed by atoms with E-state index >= 15 is 0 Å². The largest absolute Gasteiger partial charge is 0.462 e. The number of carbonyl (C=O) groups excluding carboxylic acids is 1. The maximum absolute atomic E-state index is 12.2. The van der Waals surface area contributed by atoms with E-state index in [0.29, 0.717) is 0 Å². The van der Waals surface area contributed by atoms with Crippen molar-refractivity contribution in [3.63, 3.8) is 0 Å². The highest BCUT2D eigenvalue weighted by molar-refractivity contribution is 5.72. The van der Waals surface area contributed by atoms with Crippen molar-refractivity contribution in [3.05, 3.63) is 12.7 Å². The van der Waals surface area contributed by atoms with Crippen LogP contribution in [0.2, 0.25) is 0 Å². The third-order valence-corrected chi connectivity index (χ3v) is 4.93. The van der Waals surface area contributed by atoms with Crippen LogP contribution in [0.25, 0.3) is 0 Å². The second kappa shape index (κ2) is 7.12. The summed E-state index contributed by atoms with van der Waals surface area (Å²) >= 11 is 0. The van der Waals surface area contributed by atoms with E-state index in [9.17, 15) is 4.79 Å². The van der Waals surface area contributed by atoms with Crippen LogP contribution in [-0.4, -0.2) is 12.1 Å². The van der Waals surface area contributed by atoms with Gasteiger partial charge >= 0.3 is 5.97 Å². The van der Waals surface area contributed by atoms with Crippen molar-refractivity contribution >= 4 is 5.97 Å². The number of carbonyl (C=O) groups is 1. The first kappa shape index (κ1) is 14.6. The van der Waals surface area contributed by atoms with Crippen molar-refractivity contribution in [1.82, 2.24) is 0 Å². The third-order valence-electron chi connectivity index (χ3n) is 4.93. The van der Waals surface area contributed by atoms with Crippen LogP contribution in [0.4, 0.5) is 0 Å². The monoisotopic (exact) mass is 264 g/mol. The quantitative estimate of drug-likeness (QED) is 0.552. The van der Waals surface area contributed by atoms with Crippen LogP contribution < -0.4 is 0 Å². The van der Waals surface area contributed by atoms with Gasteiger partial charge in [0, 0.05) is 0 Å². The van der Waals surface area contributed by atoms with Gasteiger partial charge < -0.3 is 4.74 Å². The molecule has 2 aliphatic carbocycles. The molecule has 0 aromatic rings. The van der Waals surface area contributed by atoms with Gasteiger partial charge in [0.1, 0.15) is 6.10 Å². The summed E-state index contributed by atoms with van der Waals surface area (Å²) in [6.07, 6.45) is 12.2. The van der Waals surface area contributed by atoms with Gasteiger partial charge in [0.15, 0.2) is 0 Å². The standard InChI is InChI=1S/C17H28O2/c1-3-4-14-7-9-15(10-8-14)17(18)19-16-11-5-13(2)6-12-16/h3,13-16H,1,4-12H2,2H3. The van der Waals surface area contributed by atoms with Crippen molar-refractivity contribution in [1.29, 1.82) is 0 Å². The van der Waals surface area contributed by atoms with Gasteiger partial charge in [-0.2, -0.15) is 0 Å². The van der Waals surface area contributed by atoms with Gasteiger partial charge in [0.05, 0.1) is 5.92 Å². The molecule has 0 radical (unpaired) electrons. The fraction of sp³-hybridized carbons (Fsp3) is 0.824. The summed E-state index contributed by atoms with van der Waals surface area (Å²) in [5.41, 5.74) is 0.